The summed E-state index contributed by atoms with van der Waals surface area (Å²) in [5.41, 5.74) is 1.24. The molecule has 0 aliphatic carbocycles. The number of hydrogen-bond acceptors (Lipinski definition) is 7. The summed E-state index contributed by atoms with van der Waals surface area (Å²) in [7, 11) is 0. The lowest BCUT2D eigenvalue weighted by Gasteiger charge is -2.27. The van der Waals surface area contributed by atoms with E-state index in [2.05, 4.69) is 20.8 Å². The number of aromatic nitrogens is 5. The Bertz CT molecular complexity index is 1250. The molecule has 4 rings (SSSR count). The molecule has 11 nitrogen and oxygen atoms in total. The van der Waals surface area contributed by atoms with Crippen LogP contribution in [0.1, 0.15) is 55.5 Å². The smallest absolute Gasteiger partial charge is 0.271 e. The number of amides is 3. The number of rotatable bonds is 6. The number of carbonyl (C=O) groups is 3. The average molecular weight is 553 g/mol. The molecule has 1 aliphatic rings. The highest BCUT2D eigenvalue weighted by molar-refractivity contribution is 7.98. The normalized spacial score (nSPS) is 19.2. The molecule has 0 unspecified atom stereocenters. The number of benzene rings is 1. The van der Waals surface area contributed by atoms with Crippen molar-refractivity contribution in [3.8, 4) is 11.4 Å². The topological polar surface area (TPSA) is 138 Å². The largest absolute Gasteiger partial charge is 0.344 e. The Morgan fingerprint density at radius 3 is 2.59 bits per heavy atom. The van der Waals surface area contributed by atoms with Crippen LogP contribution < -0.4 is 10.6 Å². The zero-order chi connectivity index (χ0) is 27.8. The first-order valence-corrected chi connectivity index (χ1v) is 14.6. The van der Waals surface area contributed by atoms with Crippen LogP contribution >= 0.6 is 11.8 Å². The van der Waals surface area contributed by atoms with Crippen LogP contribution in [0, 0.1) is 5.92 Å². The van der Waals surface area contributed by atoms with Gasteiger partial charge in [0.15, 0.2) is 11.6 Å². The lowest BCUT2D eigenvalue weighted by Crippen LogP contribution is -2.49. The molecule has 2 atom stereocenters. The molecule has 0 saturated carbocycles. The molecule has 0 saturated heterocycles. The van der Waals surface area contributed by atoms with Gasteiger partial charge in [-0.2, -0.15) is 22.0 Å². The fourth-order valence-electron chi connectivity index (χ4n) is 4.52. The van der Waals surface area contributed by atoms with Crippen molar-refractivity contribution in [3.05, 3.63) is 54.1 Å². The first-order chi connectivity index (χ1) is 18.9. The summed E-state index contributed by atoms with van der Waals surface area (Å²) in [5, 5.41) is 17.5. The number of nitrogens with zero attached hydrogens (tertiary/aromatic N) is 5. The molecule has 208 valence electrons. The number of H-pyrrole nitrogens is 1. The summed E-state index contributed by atoms with van der Waals surface area (Å²) in [6.45, 7) is 5.11. The fraction of sp³-hybridized carbons (Fsp3) is 0.481. The maximum Gasteiger partial charge on any atom is 0.271 e. The molecule has 39 heavy (non-hydrogen) atoms. The van der Waals surface area contributed by atoms with E-state index < -0.39 is 12.1 Å². The first-order valence-electron chi connectivity index (χ1n) is 13.2. The van der Waals surface area contributed by atoms with Crippen LogP contribution in [0.25, 0.3) is 11.4 Å². The highest BCUT2D eigenvalue weighted by Crippen LogP contribution is 2.25. The molecule has 0 bridgehead atoms. The monoisotopic (exact) mass is 552 g/mol. The van der Waals surface area contributed by atoms with E-state index in [1.165, 1.54) is 6.20 Å². The van der Waals surface area contributed by atoms with E-state index in [0.29, 0.717) is 49.8 Å². The predicted octanol–water partition coefficient (Wildman–Crippen LogP) is 2.66. The number of thioether (sulfide) groups is 1. The Labute approximate surface area is 232 Å². The van der Waals surface area contributed by atoms with E-state index in [1.54, 1.807) is 27.4 Å². The SMILES string of the molecule is CSCC[C@@H]1NC(=O)CCCN(C(=O)c2ccn[nH]2)CCn2nc(-c3ccccc3)nc2[C@@H](C(C)C)NC1=O. The lowest BCUT2D eigenvalue weighted by molar-refractivity contribution is -0.129. The summed E-state index contributed by atoms with van der Waals surface area (Å²) in [6, 6.07) is 10.2. The van der Waals surface area contributed by atoms with Crippen LogP contribution in [0.5, 0.6) is 0 Å². The minimum absolute atomic E-state index is 0.00643. The third-order valence-corrected chi connectivity index (χ3v) is 7.31. The lowest BCUT2D eigenvalue weighted by atomic mass is 10.0. The van der Waals surface area contributed by atoms with Gasteiger partial charge in [0.2, 0.25) is 11.8 Å². The van der Waals surface area contributed by atoms with Gasteiger partial charge < -0.3 is 15.5 Å². The zero-order valence-corrected chi connectivity index (χ0v) is 23.4. The standard InChI is InChI=1S/C27H36N8O3S/c1-18(2)23-25-31-24(19-8-5-4-6-9-19)33-35(25)16-15-34(27(38)21-11-13-28-32-21)14-7-10-22(36)29-20(12-17-39-3)26(37)30-23/h4-6,8-9,11,13,18,20,23H,7,10,12,14-17H2,1-3H3,(H,28,32)(H,29,36)(H,30,37)/t20-,23+/m0/s1. The number of aromatic amines is 1. The van der Waals surface area contributed by atoms with Crippen LogP contribution in [-0.4, -0.2) is 78.7 Å². The van der Waals surface area contributed by atoms with Gasteiger partial charge in [0.1, 0.15) is 11.7 Å². The van der Waals surface area contributed by atoms with Crippen molar-refractivity contribution in [2.24, 2.45) is 5.92 Å². The number of carbonyl (C=O) groups excluding carboxylic acids is 3. The van der Waals surface area contributed by atoms with Gasteiger partial charge in [-0.3, -0.25) is 19.5 Å². The van der Waals surface area contributed by atoms with Crippen molar-refractivity contribution >= 4 is 29.5 Å². The molecule has 3 aromatic rings. The molecule has 12 heteroatoms. The van der Waals surface area contributed by atoms with Crippen molar-refractivity contribution in [3.63, 3.8) is 0 Å². The molecule has 3 heterocycles. The van der Waals surface area contributed by atoms with Crippen molar-refractivity contribution in [2.75, 3.05) is 25.1 Å². The van der Waals surface area contributed by atoms with E-state index in [4.69, 9.17) is 10.1 Å². The van der Waals surface area contributed by atoms with Crippen LogP contribution in [0.2, 0.25) is 0 Å². The third-order valence-electron chi connectivity index (χ3n) is 6.67. The van der Waals surface area contributed by atoms with Crippen molar-refractivity contribution in [1.29, 1.82) is 0 Å². The molecular weight excluding hydrogens is 516 g/mol. The van der Waals surface area contributed by atoms with Gasteiger partial charge in [-0.25, -0.2) is 9.67 Å². The molecule has 1 aromatic carbocycles. The van der Waals surface area contributed by atoms with Gasteiger partial charge in [0.25, 0.3) is 5.91 Å². The first kappa shape index (κ1) is 28.3. The Hall–Kier alpha value is -3.67. The van der Waals surface area contributed by atoms with Gasteiger partial charge in [0.05, 0.1) is 12.6 Å². The van der Waals surface area contributed by atoms with Crippen molar-refractivity contribution < 1.29 is 14.4 Å². The molecule has 3 amide bonds. The van der Waals surface area contributed by atoms with Gasteiger partial charge in [-0.05, 0) is 36.8 Å². The molecule has 0 spiro atoms. The second kappa shape index (κ2) is 13.4. The van der Waals surface area contributed by atoms with Crippen LogP contribution in [-0.2, 0) is 16.1 Å². The van der Waals surface area contributed by atoms with Crippen molar-refractivity contribution in [2.45, 2.75) is 51.7 Å². The quantitative estimate of drug-likeness (QED) is 0.427. The number of nitrogens with one attached hydrogen (secondary N) is 3. The highest BCUT2D eigenvalue weighted by atomic mass is 32.2. The minimum atomic E-state index is -0.665. The molecule has 3 N–H and O–H groups in total. The van der Waals surface area contributed by atoms with E-state index in [1.807, 2.05) is 50.4 Å². The van der Waals surface area contributed by atoms with Crippen LogP contribution in [0.4, 0.5) is 0 Å². The summed E-state index contributed by atoms with van der Waals surface area (Å²) in [5.74, 6) is 1.24. The van der Waals surface area contributed by atoms with Gasteiger partial charge in [-0.1, -0.05) is 44.2 Å². The summed E-state index contributed by atoms with van der Waals surface area (Å²) >= 11 is 1.62. The van der Waals surface area contributed by atoms with Crippen molar-refractivity contribution in [1.82, 2.24) is 40.5 Å². The second-order valence-electron chi connectivity index (χ2n) is 9.88. The molecule has 0 radical (unpaired) electrons. The number of hydrogen-bond donors (Lipinski definition) is 3. The molecular formula is C27H36N8O3S. The van der Waals surface area contributed by atoms with Crippen LogP contribution in [0.3, 0.4) is 0 Å². The Kier molecular flexibility index (Phi) is 9.74. The zero-order valence-electron chi connectivity index (χ0n) is 22.6. The number of fused-ring (bicyclic) bond motifs is 1. The maximum atomic E-state index is 13.5. The Morgan fingerprint density at radius 2 is 1.90 bits per heavy atom. The molecule has 2 aromatic heterocycles. The van der Waals surface area contributed by atoms with Crippen LogP contribution in [0.15, 0.2) is 42.6 Å². The predicted molar refractivity (Wildman–Crippen MR) is 150 cm³/mol. The van der Waals surface area contributed by atoms with Gasteiger partial charge in [0, 0.05) is 31.3 Å². The maximum absolute atomic E-state index is 13.5. The van der Waals surface area contributed by atoms with Gasteiger partial charge >= 0.3 is 0 Å². The highest BCUT2D eigenvalue weighted by Gasteiger charge is 2.30. The Morgan fingerprint density at radius 1 is 1.10 bits per heavy atom. The fourth-order valence-corrected chi connectivity index (χ4v) is 4.99. The summed E-state index contributed by atoms with van der Waals surface area (Å²) in [4.78, 5) is 46.1. The summed E-state index contributed by atoms with van der Waals surface area (Å²) in [6.07, 6.45) is 4.68. The van der Waals surface area contributed by atoms with E-state index in [0.717, 1.165) is 11.3 Å². The van der Waals surface area contributed by atoms with E-state index >= 15 is 0 Å². The second-order valence-corrected chi connectivity index (χ2v) is 10.9. The minimum Gasteiger partial charge on any atom is -0.344 e. The molecule has 1 aliphatic heterocycles. The summed E-state index contributed by atoms with van der Waals surface area (Å²) < 4.78 is 1.79. The molecule has 0 fully saturated rings. The van der Waals surface area contributed by atoms with E-state index in [-0.39, 0.29) is 30.1 Å². The third kappa shape index (κ3) is 7.25. The average Bonchev–Trinajstić information content (AvgIpc) is 3.62. The van der Waals surface area contributed by atoms with E-state index in [9.17, 15) is 14.4 Å². The Balaban J connectivity index is 1.72. The van der Waals surface area contributed by atoms with Gasteiger partial charge in [-0.15, -0.1) is 0 Å².